The third-order valence-corrected chi connectivity index (χ3v) is 2.91. The maximum absolute atomic E-state index is 10.9. The van der Waals surface area contributed by atoms with Crippen LogP contribution in [0.4, 0.5) is 4.79 Å². The Bertz CT molecular complexity index is 613. The second-order valence-electron chi connectivity index (χ2n) is 4.02. The van der Waals surface area contributed by atoms with Crippen LogP contribution in [0.5, 0.6) is 0 Å². The van der Waals surface area contributed by atoms with E-state index in [1.54, 1.807) is 0 Å². The van der Waals surface area contributed by atoms with Crippen molar-refractivity contribution < 1.29 is 9.53 Å². The van der Waals surface area contributed by atoms with Gasteiger partial charge in [0.25, 0.3) is 0 Å². The quantitative estimate of drug-likeness (QED) is 0.653. The second-order valence-corrected chi connectivity index (χ2v) is 4.52. The smallest absolute Gasteiger partial charge is 0.425 e. The molecule has 0 fully saturated rings. The molecule has 0 aliphatic carbocycles. The van der Waals surface area contributed by atoms with Gasteiger partial charge in [-0.2, -0.15) is 0 Å². The molecule has 0 aromatic heterocycles. The van der Waals surface area contributed by atoms with Gasteiger partial charge in [-0.05, 0) is 16.3 Å². The molecule has 2 N–H and O–H groups in total. The minimum atomic E-state index is -0.569. The molecule has 0 radical (unpaired) electrons. The summed E-state index contributed by atoms with van der Waals surface area (Å²) in [5.74, 6) is 0. The Kier molecular flexibility index (Phi) is 4.30. The van der Waals surface area contributed by atoms with Gasteiger partial charge in [-0.25, -0.2) is 10.2 Å². The molecular formula is C14H14N2O2S. The Morgan fingerprint density at radius 2 is 1.89 bits per heavy atom. The molecule has 0 bridgehead atoms. The molecule has 1 amide bonds. The third-order valence-electron chi connectivity index (χ3n) is 2.67. The van der Waals surface area contributed by atoms with E-state index in [0.717, 1.165) is 5.56 Å². The summed E-state index contributed by atoms with van der Waals surface area (Å²) in [7, 11) is 1.30. The zero-order valence-corrected chi connectivity index (χ0v) is 11.3. The fourth-order valence-electron chi connectivity index (χ4n) is 1.75. The highest BCUT2D eigenvalue weighted by Gasteiger charge is 2.02. The lowest BCUT2D eigenvalue weighted by atomic mass is 10.1. The number of nitrogens with one attached hydrogen (secondary N) is 2. The monoisotopic (exact) mass is 274 g/mol. The van der Waals surface area contributed by atoms with E-state index in [0.29, 0.717) is 11.4 Å². The molecule has 0 saturated heterocycles. The van der Waals surface area contributed by atoms with E-state index in [9.17, 15) is 4.79 Å². The van der Waals surface area contributed by atoms with Gasteiger partial charge in [0.1, 0.15) is 0 Å². The maximum Gasteiger partial charge on any atom is 0.425 e. The SMILES string of the molecule is COC(=O)NNC(=S)Cc1ccc2ccccc2c1. The Hall–Kier alpha value is -2.14. The minimum Gasteiger partial charge on any atom is -0.452 e. The molecule has 98 valence electrons. The van der Waals surface area contributed by atoms with E-state index in [-0.39, 0.29) is 0 Å². The van der Waals surface area contributed by atoms with Gasteiger partial charge in [0.05, 0.1) is 12.1 Å². The van der Waals surface area contributed by atoms with E-state index in [4.69, 9.17) is 12.2 Å². The first-order chi connectivity index (χ1) is 9.19. The van der Waals surface area contributed by atoms with Gasteiger partial charge in [-0.3, -0.25) is 5.43 Å². The summed E-state index contributed by atoms with van der Waals surface area (Å²) in [5.41, 5.74) is 6.06. The molecule has 2 rings (SSSR count). The molecule has 4 nitrogen and oxygen atoms in total. The van der Waals surface area contributed by atoms with Gasteiger partial charge in [0.15, 0.2) is 0 Å². The van der Waals surface area contributed by atoms with Crippen LogP contribution in [0.2, 0.25) is 0 Å². The van der Waals surface area contributed by atoms with Crippen molar-refractivity contribution >= 4 is 34.1 Å². The van der Waals surface area contributed by atoms with Crippen molar-refractivity contribution in [1.82, 2.24) is 10.9 Å². The Labute approximate surface area is 116 Å². The largest absolute Gasteiger partial charge is 0.452 e. The highest BCUT2D eigenvalue weighted by molar-refractivity contribution is 7.80. The minimum absolute atomic E-state index is 0.528. The normalized spacial score (nSPS) is 9.95. The summed E-state index contributed by atoms with van der Waals surface area (Å²) in [6, 6.07) is 14.3. The summed E-state index contributed by atoms with van der Waals surface area (Å²) >= 11 is 5.14. The number of hydrogen-bond donors (Lipinski definition) is 2. The second kappa shape index (κ2) is 6.15. The molecule has 0 spiro atoms. The Morgan fingerprint density at radius 3 is 2.63 bits per heavy atom. The fraction of sp³-hybridized carbons (Fsp3) is 0.143. The molecule has 0 heterocycles. The number of methoxy groups -OCH3 is 1. The molecular weight excluding hydrogens is 260 g/mol. The Morgan fingerprint density at radius 1 is 1.16 bits per heavy atom. The van der Waals surface area contributed by atoms with Gasteiger partial charge >= 0.3 is 6.09 Å². The molecule has 0 unspecified atom stereocenters. The number of thiocarbonyl (C=S) groups is 1. The van der Waals surface area contributed by atoms with Crippen molar-refractivity contribution in [3.05, 3.63) is 48.0 Å². The van der Waals surface area contributed by atoms with Crippen molar-refractivity contribution in [2.24, 2.45) is 0 Å². The number of fused-ring (bicyclic) bond motifs is 1. The molecule has 19 heavy (non-hydrogen) atoms. The molecule has 2 aromatic carbocycles. The van der Waals surface area contributed by atoms with Gasteiger partial charge < -0.3 is 4.74 Å². The highest BCUT2D eigenvalue weighted by Crippen LogP contribution is 2.15. The Balaban J connectivity index is 2.01. The predicted octanol–water partition coefficient (Wildman–Crippen LogP) is 2.57. The molecule has 5 heteroatoms. The van der Waals surface area contributed by atoms with Gasteiger partial charge in [0.2, 0.25) is 0 Å². The van der Waals surface area contributed by atoms with Crippen LogP contribution in [0.25, 0.3) is 10.8 Å². The average Bonchev–Trinajstić information content (AvgIpc) is 2.44. The summed E-state index contributed by atoms with van der Waals surface area (Å²) in [6.07, 6.45) is -0.00896. The summed E-state index contributed by atoms with van der Waals surface area (Å²) in [5, 5.41) is 2.36. The van der Waals surface area contributed by atoms with Crippen molar-refractivity contribution in [2.75, 3.05) is 7.11 Å². The topological polar surface area (TPSA) is 50.4 Å². The van der Waals surface area contributed by atoms with Crippen molar-refractivity contribution in [3.8, 4) is 0 Å². The first kappa shape index (κ1) is 13.3. The van der Waals surface area contributed by atoms with Crippen LogP contribution >= 0.6 is 12.2 Å². The van der Waals surface area contributed by atoms with Crippen LogP contribution in [0.15, 0.2) is 42.5 Å². The van der Waals surface area contributed by atoms with Gasteiger partial charge in [-0.1, -0.05) is 54.7 Å². The highest BCUT2D eigenvalue weighted by atomic mass is 32.1. The number of rotatable bonds is 2. The molecule has 2 aromatic rings. The van der Waals surface area contributed by atoms with E-state index in [1.807, 2.05) is 18.2 Å². The number of benzene rings is 2. The van der Waals surface area contributed by atoms with Crippen molar-refractivity contribution in [2.45, 2.75) is 6.42 Å². The number of carbonyl (C=O) groups excluding carboxylic acids is 1. The third kappa shape index (κ3) is 3.66. The lowest BCUT2D eigenvalue weighted by Gasteiger charge is -2.09. The zero-order chi connectivity index (χ0) is 13.7. The summed E-state index contributed by atoms with van der Waals surface area (Å²) < 4.78 is 4.44. The van der Waals surface area contributed by atoms with E-state index in [1.165, 1.54) is 17.9 Å². The van der Waals surface area contributed by atoms with Crippen molar-refractivity contribution in [1.29, 1.82) is 0 Å². The van der Waals surface area contributed by atoms with Crippen molar-refractivity contribution in [3.63, 3.8) is 0 Å². The summed E-state index contributed by atoms with van der Waals surface area (Å²) in [4.78, 5) is 11.4. The fourth-order valence-corrected chi connectivity index (χ4v) is 1.97. The standard InChI is InChI=1S/C14H14N2O2S/c1-18-14(17)16-15-13(19)9-10-6-7-11-4-2-3-5-12(11)8-10/h2-8H,9H2,1H3,(H,15,19)(H,16,17). The van der Waals surface area contributed by atoms with Crippen LogP contribution in [-0.4, -0.2) is 18.2 Å². The maximum atomic E-state index is 10.9. The van der Waals surface area contributed by atoms with Crippen LogP contribution in [0.3, 0.4) is 0 Å². The van der Waals surface area contributed by atoms with Crippen LogP contribution in [0.1, 0.15) is 5.56 Å². The zero-order valence-electron chi connectivity index (χ0n) is 10.5. The van der Waals surface area contributed by atoms with E-state index < -0.39 is 6.09 Å². The first-order valence-electron chi connectivity index (χ1n) is 5.79. The lowest BCUT2D eigenvalue weighted by Crippen LogP contribution is -2.41. The first-order valence-corrected chi connectivity index (χ1v) is 6.20. The number of ether oxygens (including phenoxy) is 1. The predicted molar refractivity (Wildman–Crippen MR) is 78.9 cm³/mol. The number of amides is 1. The van der Waals surface area contributed by atoms with E-state index in [2.05, 4.69) is 39.9 Å². The average molecular weight is 274 g/mol. The molecule has 0 atom stereocenters. The lowest BCUT2D eigenvalue weighted by molar-refractivity contribution is 0.169. The number of hydrazine groups is 1. The van der Waals surface area contributed by atoms with Crippen LogP contribution in [0, 0.1) is 0 Å². The molecule has 0 aliphatic rings. The number of carbonyl (C=O) groups is 1. The molecule has 0 saturated carbocycles. The summed E-state index contributed by atoms with van der Waals surface area (Å²) in [6.45, 7) is 0. The van der Waals surface area contributed by atoms with Gasteiger partial charge in [0, 0.05) is 6.42 Å². The van der Waals surface area contributed by atoms with Crippen LogP contribution < -0.4 is 10.9 Å². The molecule has 0 aliphatic heterocycles. The van der Waals surface area contributed by atoms with Gasteiger partial charge in [-0.15, -0.1) is 0 Å². The number of hydrogen-bond acceptors (Lipinski definition) is 3. The van der Waals surface area contributed by atoms with E-state index >= 15 is 0 Å². The van der Waals surface area contributed by atoms with Crippen LogP contribution in [-0.2, 0) is 11.2 Å².